The van der Waals surface area contributed by atoms with Crippen LogP contribution in [0.2, 0.25) is 0 Å². The van der Waals surface area contributed by atoms with Crippen LogP contribution in [0, 0.1) is 0 Å². The molecule has 2 atom stereocenters. The number of nitrogens with one attached hydrogen (secondary N) is 1. The van der Waals surface area contributed by atoms with E-state index < -0.39 is 0 Å². The van der Waals surface area contributed by atoms with Crippen LogP contribution < -0.4 is 11.1 Å². The van der Waals surface area contributed by atoms with Gasteiger partial charge in [-0.15, -0.1) is 45.3 Å². The highest BCUT2D eigenvalue weighted by Crippen LogP contribution is 2.42. The van der Waals surface area contributed by atoms with E-state index in [-0.39, 0.29) is 51.5 Å². The number of nitrogens with two attached hydrogens (primary N) is 1. The smallest absolute Gasteiger partial charge is 0.160 e. The highest BCUT2D eigenvalue weighted by molar-refractivity contribution is 8.93. The maximum atomic E-state index is 10.1. The number of fused-ring (bicyclic) bond motifs is 1. The first-order chi connectivity index (χ1) is 13.2. The standard InChI is InChI=1S/C22H32N2O2S.2BrH/c23-20-10-8-19-17(9-11-21(25)22(19)26)18(20)7-3-1-2-4-13-24-14-12-16-6-5-15-27-16;;/h5-6,9,11,15,18,20,24-26H,1-4,7-8,10,12-14,23H2;2*1H. The summed E-state index contributed by atoms with van der Waals surface area (Å²) >= 11 is 1.83. The Morgan fingerprint density at radius 3 is 2.59 bits per heavy atom. The third-order valence-electron chi connectivity index (χ3n) is 5.69. The number of unbranched alkanes of at least 4 members (excludes halogenated alkanes) is 3. The van der Waals surface area contributed by atoms with Crippen molar-refractivity contribution in [3.05, 3.63) is 45.6 Å². The Hall–Kier alpha value is -0.600. The van der Waals surface area contributed by atoms with E-state index in [0.717, 1.165) is 56.3 Å². The Morgan fingerprint density at radius 2 is 1.83 bits per heavy atom. The molecule has 0 aliphatic heterocycles. The maximum Gasteiger partial charge on any atom is 0.160 e. The van der Waals surface area contributed by atoms with E-state index in [2.05, 4.69) is 22.8 Å². The lowest BCUT2D eigenvalue weighted by Gasteiger charge is -2.32. The summed E-state index contributed by atoms with van der Waals surface area (Å²) in [7, 11) is 0. The third-order valence-corrected chi connectivity index (χ3v) is 6.62. The minimum atomic E-state index is -0.0189. The number of phenols is 2. The summed E-state index contributed by atoms with van der Waals surface area (Å²) in [5.41, 5.74) is 8.40. The van der Waals surface area contributed by atoms with Crippen LogP contribution in [0.25, 0.3) is 0 Å². The number of aromatic hydroxyl groups is 2. The molecule has 1 heterocycles. The molecule has 0 fully saturated rings. The second-order valence-electron chi connectivity index (χ2n) is 7.59. The van der Waals surface area contributed by atoms with E-state index in [9.17, 15) is 10.2 Å². The van der Waals surface area contributed by atoms with Gasteiger partial charge >= 0.3 is 0 Å². The molecule has 7 heteroatoms. The fraction of sp³-hybridized carbons (Fsp3) is 0.545. The lowest BCUT2D eigenvalue weighted by atomic mass is 9.76. The third kappa shape index (κ3) is 7.55. The number of hydrogen-bond acceptors (Lipinski definition) is 5. The summed E-state index contributed by atoms with van der Waals surface area (Å²) in [4.78, 5) is 1.45. The van der Waals surface area contributed by atoms with Crippen LogP contribution in [-0.4, -0.2) is 29.3 Å². The molecule has 0 saturated carbocycles. The van der Waals surface area contributed by atoms with Gasteiger partial charge in [0.2, 0.25) is 0 Å². The number of thiophene rings is 1. The predicted octanol–water partition coefficient (Wildman–Crippen LogP) is 5.46. The summed E-state index contributed by atoms with van der Waals surface area (Å²) in [5.74, 6) is 0.330. The number of hydrogen-bond donors (Lipinski definition) is 4. The lowest BCUT2D eigenvalue weighted by molar-refractivity contribution is 0.380. The topological polar surface area (TPSA) is 78.5 Å². The van der Waals surface area contributed by atoms with Gasteiger partial charge in [-0.2, -0.15) is 0 Å². The molecular formula is C22H34Br2N2O2S. The second-order valence-corrected chi connectivity index (χ2v) is 8.62. The maximum absolute atomic E-state index is 10.1. The van der Waals surface area contributed by atoms with E-state index in [1.54, 1.807) is 6.07 Å². The Bertz CT molecular complexity index is 713. The Morgan fingerprint density at radius 1 is 1.03 bits per heavy atom. The molecule has 3 rings (SSSR count). The van der Waals surface area contributed by atoms with Gasteiger partial charge in [-0.05, 0) is 74.2 Å². The van der Waals surface area contributed by atoms with Gasteiger partial charge in [0.15, 0.2) is 11.5 Å². The first kappa shape index (κ1) is 26.4. The highest BCUT2D eigenvalue weighted by Gasteiger charge is 2.29. The van der Waals surface area contributed by atoms with Gasteiger partial charge in [-0.25, -0.2) is 0 Å². The fourth-order valence-corrected chi connectivity index (χ4v) is 4.83. The molecule has 1 aliphatic rings. The number of phenolic OH excluding ortho intramolecular Hbond substituents is 2. The minimum Gasteiger partial charge on any atom is -0.504 e. The summed E-state index contributed by atoms with van der Waals surface area (Å²) in [6, 6.07) is 8.01. The SMILES string of the molecule is Br.Br.NC1CCc2c(ccc(O)c2O)C1CCCCCCNCCc1cccs1. The van der Waals surface area contributed by atoms with Gasteiger partial charge in [0.05, 0.1) is 0 Å². The van der Waals surface area contributed by atoms with Gasteiger partial charge < -0.3 is 21.3 Å². The molecule has 0 saturated heterocycles. The molecule has 5 N–H and O–H groups in total. The van der Waals surface area contributed by atoms with Crippen molar-refractivity contribution in [3.8, 4) is 11.5 Å². The number of rotatable bonds is 10. The largest absolute Gasteiger partial charge is 0.504 e. The van der Waals surface area contributed by atoms with E-state index in [1.165, 1.54) is 24.1 Å². The number of benzene rings is 1. The first-order valence-corrected chi connectivity index (χ1v) is 11.1. The van der Waals surface area contributed by atoms with E-state index in [4.69, 9.17) is 5.73 Å². The molecule has 2 unspecified atom stereocenters. The fourth-order valence-electron chi connectivity index (χ4n) is 4.12. The molecule has 4 nitrogen and oxygen atoms in total. The quantitative estimate of drug-likeness (QED) is 0.234. The molecular weight excluding hydrogens is 516 g/mol. The molecule has 0 amide bonds. The average molecular weight is 550 g/mol. The number of halogens is 2. The molecule has 164 valence electrons. The monoisotopic (exact) mass is 548 g/mol. The van der Waals surface area contributed by atoms with Crippen molar-refractivity contribution in [1.82, 2.24) is 5.32 Å². The van der Waals surface area contributed by atoms with Crippen molar-refractivity contribution in [2.45, 2.75) is 63.3 Å². The van der Waals surface area contributed by atoms with E-state index in [0.29, 0.717) is 5.92 Å². The van der Waals surface area contributed by atoms with E-state index in [1.807, 2.05) is 17.4 Å². The molecule has 1 aromatic carbocycles. The molecule has 29 heavy (non-hydrogen) atoms. The van der Waals surface area contributed by atoms with E-state index >= 15 is 0 Å². The lowest BCUT2D eigenvalue weighted by Crippen LogP contribution is -2.33. The average Bonchev–Trinajstić information content (AvgIpc) is 3.18. The van der Waals surface area contributed by atoms with Gasteiger partial charge in [-0.1, -0.05) is 31.4 Å². The van der Waals surface area contributed by atoms with Gasteiger partial charge in [0, 0.05) is 16.5 Å². The molecule has 0 bridgehead atoms. The molecule has 1 aromatic heterocycles. The van der Waals surface area contributed by atoms with Crippen molar-refractivity contribution < 1.29 is 10.2 Å². The summed E-state index contributed by atoms with van der Waals surface area (Å²) in [6.07, 6.45) is 8.65. The molecule has 2 aromatic rings. The Kier molecular flexibility index (Phi) is 12.4. The minimum absolute atomic E-state index is 0. The molecule has 0 spiro atoms. The second kappa shape index (κ2) is 13.7. The summed E-state index contributed by atoms with van der Waals surface area (Å²) < 4.78 is 0. The van der Waals surface area contributed by atoms with Crippen LogP contribution in [0.15, 0.2) is 29.6 Å². The molecule has 0 radical (unpaired) electrons. The Labute approximate surface area is 199 Å². The van der Waals surface area contributed by atoms with Crippen molar-refractivity contribution in [1.29, 1.82) is 0 Å². The van der Waals surface area contributed by atoms with Gasteiger partial charge in [0.25, 0.3) is 0 Å². The van der Waals surface area contributed by atoms with Crippen molar-refractivity contribution in [2.24, 2.45) is 5.73 Å². The van der Waals surface area contributed by atoms with Crippen molar-refractivity contribution >= 4 is 45.3 Å². The zero-order valence-electron chi connectivity index (χ0n) is 16.8. The van der Waals surface area contributed by atoms with Crippen molar-refractivity contribution in [3.63, 3.8) is 0 Å². The zero-order valence-corrected chi connectivity index (χ0v) is 21.1. The normalized spacial score (nSPS) is 17.8. The van der Waals surface area contributed by atoms with Crippen LogP contribution >= 0.6 is 45.3 Å². The predicted molar refractivity (Wildman–Crippen MR) is 133 cm³/mol. The Balaban J connectivity index is 0.00000210. The van der Waals surface area contributed by atoms with Crippen LogP contribution in [-0.2, 0) is 12.8 Å². The van der Waals surface area contributed by atoms with Crippen LogP contribution in [0.3, 0.4) is 0 Å². The van der Waals surface area contributed by atoms with Crippen LogP contribution in [0.1, 0.15) is 60.4 Å². The van der Waals surface area contributed by atoms with Crippen molar-refractivity contribution in [2.75, 3.05) is 13.1 Å². The molecule has 1 aliphatic carbocycles. The van der Waals surface area contributed by atoms with Gasteiger partial charge in [-0.3, -0.25) is 0 Å². The highest BCUT2D eigenvalue weighted by atomic mass is 79.9. The zero-order chi connectivity index (χ0) is 19.1. The first-order valence-electron chi connectivity index (χ1n) is 10.2. The van der Waals surface area contributed by atoms with Gasteiger partial charge in [0.1, 0.15) is 0 Å². The van der Waals surface area contributed by atoms with Crippen LogP contribution in [0.4, 0.5) is 0 Å². The summed E-state index contributed by atoms with van der Waals surface area (Å²) in [6.45, 7) is 2.15. The summed E-state index contributed by atoms with van der Waals surface area (Å²) in [5, 5.41) is 25.5. The van der Waals surface area contributed by atoms with Crippen LogP contribution in [0.5, 0.6) is 11.5 Å².